The highest BCUT2D eigenvalue weighted by Gasteiger charge is 2.44. The Morgan fingerprint density at radius 1 is 1.00 bits per heavy atom. The molecule has 33 heavy (non-hydrogen) atoms. The van der Waals surface area contributed by atoms with Crippen molar-refractivity contribution in [3.05, 3.63) is 69.5 Å². The van der Waals surface area contributed by atoms with E-state index in [1.165, 1.54) is 5.56 Å². The largest absolute Gasteiger partial charge is 0.486 e. The summed E-state index contributed by atoms with van der Waals surface area (Å²) < 4.78 is 6.52. The maximum atomic E-state index is 13.1. The third-order valence-corrected chi connectivity index (χ3v) is 7.48. The second-order valence-electron chi connectivity index (χ2n) is 9.40. The number of fused-ring (bicyclic) bond motifs is 1. The molecule has 0 N–H and O–H groups in total. The molecule has 2 aliphatic heterocycles. The van der Waals surface area contributed by atoms with Crippen molar-refractivity contribution in [2.45, 2.75) is 52.6 Å². The maximum Gasteiger partial charge on any atom is 0.170 e. The van der Waals surface area contributed by atoms with Gasteiger partial charge in [0, 0.05) is 42.6 Å². The third kappa shape index (κ3) is 3.99. The number of carbonyl (C=O) groups excluding carboxylic acids is 1. The summed E-state index contributed by atoms with van der Waals surface area (Å²) in [6, 6.07) is 12.4. The van der Waals surface area contributed by atoms with Crippen LogP contribution in [0.5, 0.6) is 5.75 Å². The van der Waals surface area contributed by atoms with Crippen LogP contribution >= 0.6 is 11.6 Å². The molecule has 170 valence electrons. The van der Waals surface area contributed by atoms with E-state index in [2.05, 4.69) is 47.1 Å². The molecule has 3 heterocycles. The first-order valence-electron chi connectivity index (χ1n) is 11.4. The van der Waals surface area contributed by atoms with E-state index in [0.29, 0.717) is 22.8 Å². The highest BCUT2D eigenvalue weighted by molar-refractivity contribution is 6.32. The van der Waals surface area contributed by atoms with Gasteiger partial charge in [-0.15, -0.1) is 0 Å². The number of aromatic nitrogens is 2. The van der Waals surface area contributed by atoms with Crippen molar-refractivity contribution in [1.82, 2.24) is 9.97 Å². The average molecular weight is 462 g/mol. The monoisotopic (exact) mass is 461 g/mol. The minimum Gasteiger partial charge on any atom is -0.486 e. The van der Waals surface area contributed by atoms with Crippen LogP contribution in [0, 0.1) is 27.7 Å². The van der Waals surface area contributed by atoms with E-state index in [1.54, 1.807) is 0 Å². The third-order valence-electron chi connectivity index (χ3n) is 6.90. The Bertz CT molecular complexity index is 1250. The number of nitrogens with zero attached hydrogens (tertiary/aromatic N) is 3. The Morgan fingerprint density at radius 3 is 2.39 bits per heavy atom. The molecular weight excluding hydrogens is 434 g/mol. The van der Waals surface area contributed by atoms with Gasteiger partial charge in [-0.3, -0.25) is 4.79 Å². The van der Waals surface area contributed by atoms with Crippen LogP contribution in [0.4, 0.5) is 5.82 Å². The lowest BCUT2D eigenvalue weighted by molar-refractivity contribution is 0.0229. The number of halogens is 1. The van der Waals surface area contributed by atoms with Gasteiger partial charge in [-0.25, -0.2) is 9.97 Å². The van der Waals surface area contributed by atoms with Crippen molar-refractivity contribution in [2.24, 2.45) is 0 Å². The fourth-order valence-electron chi connectivity index (χ4n) is 5.01. The van der Waals surface area contributed by atoms with Crippen molar-refractivity contribution in [1.29, 1.82) is 0 Å². The number of benzene rings is 2. The molecule has 1 fully saturated rings. The maximum absolute atomic E-state index is 13.1. The van der Waals surface area contributed by atoms with Gasteiger partial charge < -0.3 is 9.64 Å². The van der Waals surface area contributed by atoms with Gasteiger partial charge in [0.15, 0.2) is 5.78 Å². The van der Waals surface area contributed by atoms with Crippen LogP contribution in [0.1, 0.15) is 52.1 Å². The zero-order valence-electron chi connectivity index (χ0n) is 19.5. The Labute approximate surface area is 199 Å². The Kier molecular flexibility index (Phi) is 5.40. The van der Waals surface area contributed by atoms with E-state index in [1.807, 2.05) is 26.8 Å². The van der Waals surface area contributed by atoms with Crippen LogP contribution in [0.15, 0.2) is 36.4 Å². The first-order chi connectivity index (χ1) is 15.7. The molecule has 0 unspecified atom stereocenters. The molecule has 1 spiro atoms. The van der Waals surface area contributed by atoms with E-state index in [-0.39, 0.29) is 5.78 Å². The second-order valence-corrected chi connectivity index (χ2v) is 9.78. The molecule has 5 rings (SSSR count). The predicted molar refractivity (Wildman–Crippen MR) is 132 cm³/mol. The minimum atomic E-state index is -0.463. The summed E-state index contributed by atoms with van der Waals surface area (Å²) in [5.74, 6) is 2.49. The quantitative estimate of drug-likeness (QED) is 0.466. The predicted octanol–water partition coefficient (Wildman–Crippen LogP) is 6.04. The van der Waals surface area contributed by atoms with Crippen molar-refractivity contribution in [3.8, 4) is 17.0 Å². The molecule has 2 aliphatic rings. The standard InChI is InChI=1S/C27H28ClN3O2/c1-16-5-7-20(8-6-16)21-14-24(30-19(4)29-21)31-11-9-27(10-12-31)15-22(32)25-18(3)26(28)17(2)13-23(25)33-27/h5-8,13-14H,9-12,15H2,1-4H3. The van der Waals surface area contributed by atoms with Crippen LogP contribution in [0.25, 0.3) is 11.3 Å². The molecule has 0 saturated carbocycles. The number of aryl methyl sites for hydroxylation is 3. The molecule has 3 aromatic rings. The lowest BCUT2D eigenvalue weighted by atomic mass is 9.81. The van der Waals surface area contributed by atoms with Crippen molar-refractivity contribution in [2.75, 3.05) is 18.0 Å². The minimum absolute atomic E-state index is 0.128. The number of ketones is 1. The summed E-state index contributed by atoms with van der Waals surface area (Å²) in [5.41, 5.74) is 5.19. The van der Waals surface area contributed by atoms with Gasteiger partial charge in [0.25, 0.3) is 0 Å². The summed E-state index contributed by atoms with van der Waals surface area (Å²) in [7, 11) is 0. The molecule has 5 nitrogen and oxygen atoms in total. The van der Waals surface area contributed by atoms with Gasteiger partial charge in [0.05, 0.1) is 17.7 Å². The van der Waals surface area contributed by atoms with Crippen LogP contribution in [0.3, 0.4) is 0 Å². The molecule has 6 heteroatoms. The summed E-state index contributed by atoms with van der Waals surface area (Å²) >= 11 is 6.40. The normalized spacial score (nSPS) is 17.1. The number of ether oxygens (including phenoxy) is 1. The van der Waals surface area contributed by atoms with Gasteiger partial charge in [0.1, 0.15) is 23.0 Å². The second kappa shape index (κ2) is 8.14. The Hall–Kier alpha value is -2.92. The van der Waals surface area contributed by atoms with E-state index >= 15 is 0 Å². The Balaban J connectivity index is 1.38. The molecule has 0 radical (unpaired) electrons. The van der Waals surface area contributed by atoms with Gasteiger partial charge in [-0.05, 0) is 44.9 Å². The summed E-state index contributed by atoms with van der Waals surface area (Å²) in [5, 5.41) is 0.653. The highest BCUT2D eigenvalue weighted by Crippen LogP contribution is 2.43. The van der Waals surface area contributed by atoms with E-state index in [0.717, 1.165) is 60.0 Å². The fraction of sp³-hybridized carbons (Fsp3) is 0.370. The smallest absolute Gasteiger partial charge is 0.170 e. The lowest BCUT2D eigenvalue weighted by Gasteiger charge is -2.44. The lowest BCUT2D eigenvalue weighted by Crippen LogP contribution is -2.51. The average Bonchev–Trinajstić information content (AvgIpc) is 2.77. The van der Waals surface area contributed by atoms with E-state index < -0.39 is 5.60 Å². The molecule has 1 aromatic heterocycles. The van der Waals surface area contributed by atoms with Crippen LogP contribution in [-0.2, 0) is 0 Å². The van der Waals surface area contributed by atoms with E-state index in [4.69, 9.17) is 21.3 Å². The van der Waals surface area contributed by atoms with E-state index in [9.17, 15) is 4.79 Å². The molecule has 0 aliphatic carbocycles. The molecule has 2 aromatic carbocycles. The van der Waals surface area contributed by atoms with Crippen molar-refractivity contribution >= 4 is 23.2 Å². The summed E-state index contributed by atoms with van der Waals surface area (Å²) in [6.07, 6.45) is 1.93. The summed E-state index contributed by atoms with van der Waals surface area (Å²) in [4.78, 5) is 24.7. The summed E-state index contributed by atoms with van der Waals surface area (Å²) in [6.45, 7) is 9.42. The number of carbonyl (C=O) groups is 1. The number of rotatable bonds is 2. The molecule has 0 atom stereocenters. The zero-order valence-corrected chi connectivity index (χ0v) is 20.3. The SMILES string of the molecule is Cc1ccc(-c2cc(N3CCC4(CC3)CC(=O)c3c(cc(C)c(Cl)c3C)O4)nc(C)n2)cc1. The molecular formula is C27H28ClN3O2. The van der Waals surface area contributed by atoms with Gasteiger partial charge in [-0.2, -0.15) is 0 Å². The number of Topliss-reactive ketones (excluding diaryl/α,β-unsaturated/α-hetero) is 1. The first-order valence-corrected chi connectivity index (χ1v) is 11.8. The fourth-order valence-corrected chi connectivity index (χ4v) is 5.16. The Morgan fingerprint density at radius 2 is 1.70 bits per heavy atom. The van der Waals surface area contributed by atoms with Crippen LogP contribution < -0.4 is 9.64 Å². The topological polar surface area (TPSA) is 55.3 Å². The zero-order chi connectivity index (χ0) is 23.3. The molecule has 0 bridgehead atoms. The number of hydrogen-bond donors (Lipinski definition) is 0. The number of piperidine rings is 1. The van der Waals surface area contributed by atoms with Crippen molar-refractivity contribution < 1.29 is 9.53 Å². The molecule has 0 amide bonds. The first kappa shape index (κ1) is 21.9. The van der Waals surface area contributed by atoms with Crippen LogP contribution in [0.2, 0.25) is 5.02 Å². The van der Waals surface area contributed by atoms with Crippen LogP contribution in [-0.4, -0.2) is 34.4 Å². The van der Waals surface area contributed by atoms with Gasteiger partial charge >= 0.3 is 0 Å². The van der Waals surface area contributed by atoms with Gasteiger partial charge in [-0.1, -0.05) is 41.4 Å². The highest BCUT2D eigenvalue weighted by atomic mass is 35.5. The van der Waals surface area contributed by atoms with Gasteiger partial charge in [0.2, 0.25) is 0 Å². The number of anilines is 1. The molecule has 1 saturated heterocycles. The number of hydrogen-bond acceptors (Lipinski definition) is 5. The van der Waals surface area contributed by atoms with Crippen molar-refractivity contribution in [3.63, 3.8) is 0 Å².